The van der Waals surface area contributed by atoms with Gasteiger partial charge in [0.05, 0.1) is 18.9 Å². The van der Waals surface area contributed by atoms with Crippen molar-refractivity contribution in [2.24, 2.45) is 0 Å². The van der Waals surface area contributed by atoms with Gasteiger partial charge in [0, 0.05) is 18.8 Å². The highest BCUT2D eigenvalue weighted by molar-refractivity contribution is 7.80. The summed E-state index contributed by atoms with van der Waals surface area (Å²) in [5, 5.41) is 2.70. The molecule has 0 radical (unpaired) electrons. The third-order valence-corrected chi connectivity index (χ3v) is 5.33. The number of anilines is 2. The van der Waals surface area contributed by atoms with Crippen molar-refractivity contribution in [3.63, 3.8) is 0 Å². The van der Waals surface area contributed by atoms with Gasteiger partial charge in [-0.05, 0) is 60.6 Å². The van der Waals surface area contributed by atoms with Gasteiger partial charge in [-0.3, -0.25) is 19.8 Å². The number of carbonyl (C=O) groups is 2. The average Bonchev–Trinajstić information content (AvgIpc) is 2.73. The van der Waals surface area contributed by atoms with E-state index >= 15 is 0 Å². The summed E-state index contributed by atoms with van der Waals surface area (Å²) >= 11 is 5.23. The number of aryl methyl sites for hydroxylation is 1. The fourth-order valence-corrected chi connectivity index (χ4v) is 3.75. The van der Waals surface area contributed by atoms with E-state index in [1.54, 1.807) is 18.2 Å². The molecule has 0 unspecified atom stereocenters. The minimum atomic E-state index is -0.483. The highest BCUT2D eigenvalue weighted by atomic mass is 32.1. The summed E-state index contributed by atoms with van der Waals surface area (Å²) in [6.45, 7) is 5.11. The summed E-state index contributed by atoms with van der Waals surface area (Å²) in [6.07, 6.45) is 1.63. The number of hydrogen-bond donors (Lipinski definition) is 1. The topological polar surface area (TPSA) is 61.9 Å². The van der Waals surface area contributed by atoms with Crippen LogP contribution >= 0.6 is 12.2 Å². The van der Waals surface area contributed by atoms with Gasteiger partial charge in [-0.2, -0.15) is 0 Å². The van der Waals surface area contributed by atoms with E-state index in [0.717, 1.165) is 43.1 Å². The standard InChI is InChI=1S/C22H21N3O3S/c1-15-13-18(24-9-11-28-12-10-24)8-7-16(15)14-19-20(26)23-22(29)25(21(19)27)17-5-3-2-4-6-17/h2-8,13-14H,9-12H2,1H3,(H,23,26,29). The Hall–Kier alpha value is -3.03. The lowest BCUT2D eigenvalue weighted by Gasteiger charge is -2.30. The van der Waals surface area contributed by atoms with Gasteiger partial charge in [-0.1, -0.05) is 24.3 Å². The van der Waals surface area contributed by atoms with Crippen molar-refractivity contribution in [1.82, 2.24) is 5.32 Å². The van der Waals surface area contributed by atoms with E-state index in [9.17, 15) is 9.59 Å². The molecular formula is C22H21N3O3S. The molecule has 2 fully saturated rings. The predicted octanol–water partition coefficient (Wildman–Crippen LogP) is 2.66. The molecule has 0 bridgehead atoms. The molecule has 6 nitrogen and oxygen atoms in total. The first-order valence-electron chi connectivity index (χ1n) is 9.44. The number of hydrogen-bond acceptors (Lipinski definition) is 5. The molecule has 2 aromatic carbocycles. The zero-order valence-electron chi connectivity index (χ0n) is 16.1. The van der Waals surface area contributed by atoms with Crippen molar-refractivity contribution in [3.8, 4) is 0 Å². The number of morpholine rings is 1. The predicted molar refractivity (Wildman–Crippen MR) is 117 cm³/mol. The van der Waals surface area contributed by atoms with Crippen LogP contribution in [0.15, 0.2) is 54.1 Å². The molecule has 0 aliphatic carbocycles. The lowest BCUT2D eigenvalue weighted by atomic mass is 10.0. The molecule has 4 rings (SSSR count). The third kappa shape index (κ3) is 3.92. The van der Waals surface area contributed by atoms with E-state index in [1.807, 2.05) is 37.3 Å². The Morgan fingerprint density at radius 1 is 1.03 bits per heavy atom. The van der Waals surface area contributed by atoms with Crippen LogP contribution in [-0.4, -0.2) is 43.2 Å². The molecule has 7 heteroatoms. The first-order chi connectivity index (χ1) is 14.0. The molecule has 2 aliphatic heterocycles. The van der Waals surface area contributed by atoms with Crippen molar-refractivity contribution < 1.29 is 14.3 Å². The molecular weight excluding hydrogens is 386 g/mol. The molecule has 1 N–H and O–H groups in total. The largest absolute Gasteiger partial charge is 0.378 e. The van der Waals surface area contributed by atoms with Crippen molar-refractivity contribution in [3.05, 3.63) is 65.2 Å². The van der Waals surface area contributed by atoms with Crippen molar-refractivity contribution in [2.45, 2.75) is 6.92 Å². The average molecular weight is 407 g/mol. The number of ether oxygens (including phenoxy) is 1. The van der Waals surface area contributed by atoms with Crippen molar-refractivity contribution >= 4 is 46.6 Å². The van der Waals surface area contributed by atoms with Gasteiger partial charge in [-0.15, -0.1) is 0 Å². The maximum atomic E-state index is 13.1. The monoisotopic (exact) mass is 407 g/mol. The number of amides is 2. The Morgan fingerprint density at radius 3 is 2.45 bits per heavy atom. The van der Waals surface area contributed by atoms with Crippen LogP contribution in [0.3, 0.4) is 0 Å². The zero-order chi connectivity index (χ0) is 20.4. The van der Waals surface area contributed by atoms with E-state index < -0.39 is 11.8 Å². The Labute approximate surface area is 174 Å². The smallest absolute Gasteiger partial charge is 0.270 e. The molecule has 29 heavy (non-hydrogen) atoms. The van der Waals surface area contributed by atoms with E-state index in [0.29, 0.717) is 5.69 Å². The molecule has 0 spiro atoms. The summed E-state index contributed by atoms with van der Waals surface area (Å²) < 4.78 is 5.41. The summed E-state index contributed by atoms with van der Waals surface area (Å²) in [7, 11) is 0. The highest BCUT2D eigenvalue weighted by Gasteiger charge is 2.34. The third-order valence-electron chi connectivity index (χ3n) is 5.05. The van der Waals surface area contributed by atoms with Gasteiger partial charge in [-0.25, -0.2) is 0 Å². The molecule has 2 saturated heterocycles. The second-order valence-electron chi connectivity index (χ2n) is 6.93. The number of carbonyl (C=O) groups excluding carboxylic acids is 2. The second kappa shape index (κ2) is 8.14. The van der Waals surface area contributed by atoms with Gasteiger partial charge in [0.1, 0.15) is 5.57 Å². The van der Waals surface area contributed by atoms with Crippen LogP contribution in [0, 0.1) is 6.92 Å². The van der Waals surface area contributed by atoms with Crippen LogP contribution in [0.1, 0.15) is 11.1 Å². The van der Waals surface area contributed by atoms with E-state index in [4.69, 9.17) is 17.0 Å². The molecule has 0 atom stereocenters. The maximum absolute atomic E-state index is 13.1. The second-order valence-corrected chi connectivity index (χ2v) is 7.32. The fourth-order valence-electron chi connectivity index (χ4n) is 3.46. The van der Waals surface area contributed by atoms with E-state index in [1.165, 1.54) is 4.90 Å². The summed E-state index contributed by atoms with van der Waals surface area (Å²) in [5.41, 5.74) is 3.60. The first kappa shape index (κ1) is 19.3. The lowest BCUT2D eigenvalue weighted by Crippen LogP contribution is -2.54. The van der Waals surface area contributed by atoms with Crippen molar-refractivity contribution in [1.29, 1.82) is 0 Å². The summed E-state index contributed by atoms with van der Waals surface area (Å²) in [5.74, 6) is -0.912. The van der Waals surface area contributed by atoms with Crippen LogP contribution in [-0.2, 0) is 14.3 Å². The maximum Gasteiger partial charge on any atom is 0.270 e. The number of nitrogens with zero attached hydrogens (tertiary/aromatic N) is 2. The fraction of sp³-hybridized carbons (Fsp3) is 0.227. The number of para-hydroxylation sites is 1. The van der Waals surface area contributed by atoms with Gasteiger partial charge >= 0.3 is 0 Å². The summed E-state index contributed by atoms with van der Waals surface area (Å²) in [6, 6.07) is 15.1. The van der Waals surface area contributed by atoms with Gasteiger partial charge in [0.15, 0.2) is 5.11 Å². The lowest BCUT2D eigenvalue weighted by molar-refractivity contribution is -0.122. The number of benzene rings is 2. The van der Waals surface area contributed by atoms with Crippen LogP contribution in [0.5, 0.6) is 0 Å². The van der Waals surface area contributed by atoms with Gasteiger partial charge in [0.2, 0.25) is 0 Å². The van der Waals surface area contributed by atoms with Gasteiger partial charge in [0.25, 0.3) is 11.8 Å². The number of nitrogens with one attached hydrogen (secondary N) is 1. The normalized spacial score (nSPS) is 18.9. The SMILES string of the molecule is Cc1cc(N2CCOCC2)ccc1C=C1C(=O)NC(=S)N(c2ccccc2)C1=O. The first-order valence-corrected chi connectivity index (χ1v) is 9.85. The highest BCUT2D eigenvalue weighted by Crippen LogP contribution is 2.25. The van der Waals surface area contributed by atoms with Crippen LogP contribution in [0.25, 0.3) is 6.08 Å². The Bertz CT molecular complexity index is 998. The zero-order valence-corrected chi connectivity index (χ0v) is 16.9. The molecule has 0 aromatic heterocycles. The molecule has 2 amide bonds. The minimum Gasteiger partial charge on any atom is -0.378 e. The quantitative estimate of drug-likeness (QED) is 0.482. The molecule has 0 saturated carbocycles. The van der Waals surface area contributed by atoms with Crippen LogP contribution < -0.4 is 15.1 Å². The molecule has 2 aliphatic rings. The minimum absolute atomic E-state index is 0.0599. The van der Waals surface area contributed by atoms with Gasteiger partial charge < -0.3 is 9.64 Å². The van der Waals surface area contributed by atoms with E-state index in [2.05, 4.69) is 16.3 Å². The molecule has 2 heterocycles. The summed E-state index contributed by atoms with van der Waals surface area (Å²) in [4.78, 5) is 29.2. The number of thiocarbonyl (C=S) groups is 1. The number of rotatable bonds is 3. The Balaban J connectivity index is 1.65. The van der Waals surface area contributed by atoms with E-state index in [-0.39, 0.29) is 10.7 Å². The van der Waals surface area contributed by atoms with Crippen LogP contribution in [0.4, 0.5) is 11.4 Å². The molecule has 148 valence electrons. The van der Waals surface area contributed by atoms with Crippen molar-refractivity contribution in [2.75, 3.05) is 36.1 Å². The molecule has 2 aromatic rings. The Morgan fingerprint density at radius 2 is 1.76 bits per heavy atom. The Kier molecular flexibility index (Phi) is 5.42. The van der Waals surface area contributed by atoms with Crippen LogP contribution in [0.2, 0.25) is 0 Å².